The summed E-state index contributed by atoms with van der Waals surface area (Å²) in [5.74, 6) is 0.904. The predicted octanol–water partition coefficient (Wildman–Crippen LogP) is 1.06. The minimum absolute atomic E-state index is 0.118. The molecule has 0 unspecified atom stereocenters. The van der Waals surface area contributed by atoms with Gasteiger partial charge in [-0.05, 0) is 12.1 Å². The minimum Gasteiger partial charge on any atom is -0.492 e. The molecule has 0 saturated carbocycles. The Bertz CT molecular complexity index is 1040. The number of anilines is 2. The minimum atomic E-state index is -0.400. The molecule has 3 aromatic rings. The summed E-state index contributed by atoms with van der Waals surface area (Å²) < 4.78 is 15.2. The second-order valence-corrected chi connectivity index (χ2v) is 5.27. The van der Waals surface area contributed by atoms with Gasteiger partial charge in [-0.25, -0.2) is 9.50 Å². The maximum Gasteiger partial charge on any atom is 0.271 e. The second kappa shape index (κ2) is 5.73. The molecule has 8 nitrogen and oxygen atoms in total. The molecule has 0 fully saturated rings. The molecule has 2 aromatic heterocycles. The first-order valence-corrected chi connectivity index (χ1v) is 7.49. The van der Waals surface area contributed by atoms with Gasteiger partial charge in [0.1, 0.15) is 29.2 Å². The Hall–Kier alpha value is -3.29. The van der Waals surface area contributed by atoms with Crippen molar-refractivity contribution in [2.75, 3.05) is 25.5 Å². The number of aromatic amines is 1. The molecule has 4 rings (SSSR count). The molecule has 4 bridgehead atoms. The van der Waals surface area contributed by atoms with Crippen LogP contribution in [0.5, 0.6) is 5.75 Å². The predicted molar refractivity (Wildman–Crippen MR) is 88.6 cm³/mol. The van der Waals surface area contributed by atoms with Crippen molar-refractivity contribution < 1.29 is 10.9 Å². The lowest BCUT2D eigenvalue weighted by Crippen LogP contribution is -2.29. The number of benzene rings is 1. The monoisotopic (exact) mass is 325 g/mol. The molecule has 1 aliphatic heterocycles. The average Bonchev–Trinajstić information content (AvgIpc) is 2.93. The number of amides is 1. The summed E-state index contributed by atoms with van der Waals surface area (Å²) in [5, 5.41) is 9.62. The zero-order valence-corrected chi connectivity index (χ0v) is 13.0. The van der Waals surface area contributed by atoms with Gasteiger partial charge >= 0.3 is 0 Å². The lowest BCUT2D eigenvalue weighted by Gasteiger charge is -2.10. The molecule has 1 amide bonds. The first-order valence-electron chi connectivity index (χ1n) is 7.99. The zero-order valence-electron chi connectivity index (χ0n) is 14.0. The third kappa shape index (κ3) is 2.47. The number of H-pyrrole nitrogens is 1. The van der Waals surface area contributed by atoms with Crippen molar-refractivity contribution >= 4 is 23.1 Å². The molecule has 1 aromatic carbocycles. The first kappa shape index (κ1) is 13.2. The van der Waals surface area contributed by atoms with E-state index >= 15 is 0 Å². The molecule has 8 heteroatoms. The third-order valence-corrected chi connectivity index (χ3v) is 3.67. The van der Waals surface area contributed by atoms with Gasteiger partial charge in [0.25, 0.3) is 5.91 Å². The maximum absolute atomic E-state index is 12.5. The summed E-state index contributed by atoms with van der Waals surface area (Å²) in [6.07, 6.45) is -0.118. The van der Waals surface area contributed by atoms with E-state index in [0.29, 0.717) is 35.7 Å². The Kier molecular flexibility index (Phi) is 3.14. The lowest BCUT2D eigenvalue weighted by molar-refractivity contribution is 0.0940. The molecule has 1 aliphatic rings. The van der Waals surface area contributed by atoms with Crippen molar-refractivity contribution in [3.8, 4) is 5.75 Å². The van der Waals surface area contributed by atoms with Crippen LogP contribution in [-0.4, -0.2) is 40.7 Å². The van der Waals surface area contributed by atoms with Crippen molar-refractivity contribution in [2.24, 2.45) is 4.99 Å². The van der Waals surface area contributed by atoms with Crippen LogP contribution in [0.1, 0.15) is 11.9 Å². The highest BCUT2D eigenvalue weighted by Crippen LogP contribution is 2.20. The summed E-state index contributed by atoms with van der Waals surface area (Å²) in [7, 11) is 1.64. The molecular weight excluding hydrogens is 308 g/mol. The van der Waals surface area contributed by atoms with Gasteiger partial charge in [-0.15, -0.1) is 0 Å². The van der Waals surface area contributed by atoms with Crippen molar-refractivity contribution in [3.63, 3.8) is 0 Å². The molecule has 3 N–H and O–H groups in total. The highest BCUT2D eigenvalue weighted by atomic mass is 16.5. The number of carbonyl (C=O) groups is 1. The van der Waals surface area contributed by atoms with E-state index < -0.39 is 5.91 Å². The Labute approximate surface area is 138 Å². The van der Waals surface area contributed by atoms with Crippen molar-refractivity contribution in [3.05, 3.63) is 47.6 Å². The van der Waals surface area contributed by atoms with Gasteiger partial charge < -0.3 is 15.4 Å². The number of ether oxygens (including phenoxy) is 1. The van der Waals surface area contributed by atoms with Crippen LogP contribution in [-0.2, 0) is 0 Å². The fourth-order valence-electron chi connectivity index (χ4n) is 2.56. The Morgan fingerprint density at radius 2 is 2.33 bits per heavy atom. The van der Waals surface area contributed by atoms with Crippen LogP contribution in [0.2, 0.25) is 0 Å². The molecule has 0 radical (unpaired) electrons. The maximum atomic E-state index is 12.5. The molecule has 0 atom stereocenters. The van der Waals surface area contributed by atoms with Gasteiger partial charge in [0, 0.05) is 24.9 Å². The van der Waals surface area contributed by atoms with Crippen LogP contribution in [0.4, 0.5) is 11.5 Å². The van der Waals surface area contributed by atoms with E-state index in [4.69, 9.17) is 6.11 Å². The number of hydrogen-bond donors (Lipinski definition) is 3. The standard InChI is InChI=1S/C16H16N6O2/c1-17-12-8-14-20-10-3-2-4-11(7-10)24-6-5-18-16(23)13-9-19-15(12)22(13)21-14/h2-4,7-9,20-21H,5-6H2,1H3,(H,18,23)/i9D. The van der Waals surface area contributed by atoms with Crippen LogP contribution in [0, 0.1) is 0 Å². The number of aromatic nitrogens is 3. The summed E-state index contributed by atoms with van der Waals surface area (Å²) in [6.45, 7) is 0.634. The number of carbonyl (C=O) groups excluding carboxylic acids is 1. The molecular formula is C16H16N6O2. The van der Waals surface area contributed by atoms with E-state index in [2.05, 4.69) is 25.7 Å². The van der Waals surface area contributed by atoms with Gasteiger partial charge in [-0.3, -0.25) is 14.9 Å². The smallest absolute Gasteiger partial charge is 0.271 e. The van der Waals surface area contributed by atoms with Gasteiger partial charge in [0.15, 0.2) is 5.65 Å². The number of rotatable bonds is 0. The van der Waals surface area contributed by atoms with Crippen molar-refractivity contribution in [1.82, 2.24) is 19.9 Å². The van der Waals surface area contributed by atoms with Crippen LogP contribution in [0.3, 0.4) is 0 Å². The molecule has 3 heterocycles. The highest BCUT2D eigenvalue weighted by Gasteiger charge is 2.14. The fourth-order valence-corrected chi connectivity index (χ4v) is 2.56. The molecule has 0 spiro atoms. The topological polar surface area (TPSA) is 95.8 Å². The van der Waals surface area contributed by atoms with Gasteiger partial charge in [-0.1, -0.05) is 6.07 Å². The average molecular weight is 325 g/mol. The number of hydrogen-bond acceptors (Lipinski definition) is 5. The third-order valence-electron chi connectivity index (χ3n) is 3.67. The van der Waals surface area contributed by atoms with Gasteiger partial charge in [0.05, 0.1) is 14.1 Å². The zero-order chi connectivity index (χ0) is 17.4. The van der Waals surface area contributed by atoms with E-state index in [1.807, 2.05) is 24.3 Å². The summed E-state index contributed by atoms with van der Waals surface area (Å²) in [4.78, 5) is 20.9. The molecule has 0 aliphatic carbocycles. The molecule has 122 valence electrons. The quantitative estimate of drug-likeness (QED) is 0.576. The first-order chi connectivity index (χ1) is 12.2. The summed E-state index contributed by atoms with van der Waals surface area (Å²) in [5.41, 5.74) is 1.36. The van der Waals surface area contributed by atoms with Crippen molar-refractivity contribution in [1.29, 1.82) is 0 Å². The van der Waals surface area contributed by atoms with Crippen LogP contribution < -0.4 is 20.7 Å². The van der Waals surface area contributed by atoms with E-state index in [9.17, 15) is 4.79 Å². The number of fused-ring (bicyclic) bond motifs is 3. The Morgan fingerprint density at radius 3 is 3.21 bits per heavy atom. The summed E-state index contributed by atoms with van der Waals surface area (Å²) in [6, 6.07) is 9.27. The van der Waals surface area contributed by atoms with E-state index in [1.54, 1.807) is 13.1 Å². The number of imidazole rings is 1. The van der Waals surface area contributed by atoms with Gasteiger partial charge in [-0.2, -0.15) is 0 Å². The molecule has 0 saturated heterocycles. The number of nitrogens with one attached hydrogen (secondary N) is 3. The largest absolute Gasteiger partial charge is 0.492 e. The summed E-state index contributed by atoms with van der Waals surface area (Å²) >= 11 is 0. The SMILES string of the molecule is [2H]c1nc2c(=NC)cc3[nH]n2c1C(=O)NCCOc1cccc(c1)N3. The van der Waals surface area contributed by atoms with E-state index in [0.717, 1.165) is 5.69 Å². The van der Waals surface area contributed by atoms with Crippen LogP contribution >= 0.6 is 0 Å². The fraction of sp³-hybridized carbons (Fsp3) is 0.188. The highest BCUT2D eigenvalue weighted by molar-refractivity contribution is 5.93. The Morgan fingerprint density at radius 1 is 1.42 bits per heavy atom. The van der Waals surface area contributed by atoms with Crippen LogP contribution in [0.15, 0.2) is 41.5 Å². The van der Waals surface area contributed by atoms with Crippen molar-refractivity contribution in [2.45, 2.75) is 0 Å². The lowest BCUT2D eigenvalue weighted by atomic mass is 10.3. The normalized spacial score (nSPS) is 15.6. The van der Waals surface area contributed by atoms with E-state index in [1.165, 1.54) is 4.52 Å². The Balaban J connectivity index is 1.96. The van der Waals surface area contributed by atoms with Gasteiger partial charge in [0.2, 0.25) is 0 Å². The van der Waals surface area contributed by atoms with Crippen LogP contribution in [0.25, 0.3) is 5.65 Å². The van der Waals surface area contributed by atoms with E-state index in [-0.39, 0.29) is 11.9 Å². The molecule has 24 heavy (non-hydrogen) atoms. The second-order valence-electron chi connectivity index (χ2n) is 5.27. The number of nitrogens with zero attached hydrogens (tertiary/aromatic N) is 3.